The Kier molecular flexibility index (Phi) is 6.20. The van der Waals surface area contributed by atoms with Crippen molar-refractivity contribution in [2.75, 3.05) is 6.54 Å². The largest absolute Gasteiger partial charge is 0.330 e. The van der Waals surface area contributed by atoms with Gasteiger partial charge < -0.3 is 5.73 Å². The summed E-state index contributed by atoms with van der Waals surface area (Å²) in [5.41, 5.74) is 7.08. The molecule has 3 unspecified atom stereocenters. The van der Waals surface area contributed by atoms with E-state index in [2.05, 4.69) is 6.92 Å². The highest BCUT2D eigenvalue weighted by atomic mass is 35.5. The van der Waals surface area contributed by atoms with Crippen LogP contribution in [0.2, 0.25) is 10.0 Å². The lowest BCUT2D eigenvalue weighted by Gasteiger charge is -2.36. The van der Waals surface area contributed by atoms with Gasteiger partial charge >= 0.3 is 0 Å². The Hall–Kier alpha value is -0.240. The van der Waals surface area contributed by atoms with Crippen LogP contribution < -0.4 is 5.73 Å². The molecule has 20 heavy (non-hydrogen) atoms. The third kappa shape index (κ3) is 3.90. The fourth-order valence-corrected chi connectivity index (χ4v) is 4.20. The molecule has 0 radical (unpaired) electrons. The lowest BCUT2D eigenvalue weighted by molar-refractivity contribution is 0.176. The molecule has 1 fully saturated rings. The minimum atomic E-state index is 0.621. The van der Waals surface area contributed by atoms with Gasteiger partial charge in [0.2, 0.25) is 0 Å². The first-order valence-corrected chi connectivity index (χ1v) is 8.54. The summed E-state index contributed by atoms with van der Waals surface area (Å²) < 4.78 is 0. The molecule has 0 aromatic heterocycles. The predicted octanol–water partition coefficient (Wildman–Crippen LogP) is 5.33. The van der Waals surface area contributed by atoms with Crippen LogP contribution in [0.25, 0.3) is 0 Å². The average Bonchev–Trinajstić information content (AvgIpc) is 2.44. The summed E-state index contributed by atoms with van der Waals surface area (Å²) >= 11 is 12.6. The Morgan fingerprint density at radius 1 is 1.15 bits per heavy atom. The van der Waals surface area contributed by atoms with Gasteiger partial charge in [-0.1, -0.05) is 55.5 Å². The molecule has 1 saturated carbocycles. The molecule has 0 aliphatic heterocycles. The number of rotatable bonds is 5. The second-order valence-electron chi connectivity index (χ2n) is 6.13. The Morgan fingerprint density at radius 3 is 2.45 bits per heavy atom. The lowest BCUT2D eigenvalue weighted by atomic mass is 9.70. The first-order chi connectivity index (χ1) is 9.65. The van der Waals surface area contributed by atoms with Crippen molar-refractivity contribution in [1.82, 2.24) is 0 Å². The fraction of sp³-hybridized carbons (Fsp3) is 0.647. The van der Waals surface area contributed by atoms with E-state index in [4.69, 9.17) is 28.9 Å². The molecule has 0 bridgehead atoms. The first-order valence-electron chi connectivity index (χ1n) is 7.78. The highest BCUT2D eigenvalue weighted by Gasteiger charge is 2.30. The van der Waals surface area contributed by atoms with E-state index < -0.39 is 0 Å². The SMILES string of the molecule is CCCC1CCC(CN)C(Cc2c(Cl)cccc2Cl)C1. The third-order valence-electron chi connectivity index (χ3n) is 4.78. The van der Waals surface area contributed by atoms with Crippen molar-refractivity contribution in [3.63, 3.8) is 0 Å². The summed E-state index contributed by atoms with van der Waals surface area (Å²) in [5.74, 6) is 2.10. The number of nitrogens with two attached hydrogens (primary N) is 1. The maximum absolute atomic E-state index is 6.32. The summed E-state index contributed by atoms with van der Waals surface area (Å²) in [6, 6.07) is 5.79. The minimum Gasteiger partial charge on any atom is -0.330 e. The van der Waals surface area contributed by atoms with E-state index in [0.717, 1.165) is 34.5 Å². The van der Waals surface area contributed by atoms with Crippen molar-refractivity contribution in [1.29, 1.82) is 0 Å². The van der Waals surface area contributed by atoms with Crippen LogP contribution in [-0.4, -0.2) is 6.54 Å². The van der Waals surface area contributed by atoms with Gasteiger partial charge in [-0.2, -0.15) is 0 Å². The topological polar surface area (TPSA) is 26.0 Å². The van der Waals surface area contributed by atoms with E-state index >= 15 is 0 Å². The van der Waals surface area contributed by atoms with Crippen LogP contribution in [0.4, 0.5) is 0 Å². The Morgan fingerprint density at radius 2 is 1.85 bits per heavy atom. The molecule has 0 amide bonds. The van der Waals surface area contributed by atoms with E-state index in [9.17, 15) is 0 Å². The maximum Gasteiger partial charge on any atom is 0.0452 e. The van der Waals surface area contributed by atoms with Crippen LogP contribution in [0.3, 0.4) is 0 Å². The molecule has 1 nitrogen and oxygen atoms in total. The van der Waals surface area contributed by atoms with Crippen molar-refractivity contribution in [2.24, 2.45) is 23.5 Å². The zero-order chi connectivity index (χ0) is 14.5. The molecule has 3 atom stereocenters. The van der Waals surface area contributed by atoms with Crippen LogP contribution in [0.15, 0.2) is 18.2 Å². The van der Waals surface area contributed by atoms with Gasteiger partial charge in [-0.3, -0.25) is 0 Å². The number of hydrogen-bond acceptors (Lipinski definition) is 1. The Labute approximate surface area is 132 Å². The van der Waals surface area contributed by atoms with Gasteiger partial charge in [-0.05, 0) is 61.3 Å². The third-order valence-corrected chi connectivity index (χ3v) is 5.48. The van der Waals surface area contributed by atoms with Gasteiger partial charge in [-0.25, -0.2) is 0 Å². The standard InChI is InChI=1S/C17H25Cl2N/c1-2-4-12-7-8-13(11-20)14(9-12)10-15-16(18)5-3-6-17(15)19/h3,5-6,12-14H,2,4,7-11,20H2,1H3. The molecule has 2 rings (SSSR count). The van der Waals surface area contributed by atoms with Crippen LogP contribution in [-0.2, 0) is 6.42 Å². The zero-order valence-electron chi connectivity index (χ0n) is 12.2. The summed E-state index contributed by atoms with van der Waals surface area (Å²) in [6.07, 6.45) is 7.45. The number of benzene rings is 1. The van der Waals surface area contributed by atoms with E-state index in [1.165, 1.54) is 32.1 Å². The minimum absolute atomic E-state index is 0.621. The van der Waals surface area contributed by atoms with Crippen LogP contribution in [0.5, 0.6) is 0 Å². The van der Waals surface area contributed by atoms with E-state index in [-0.39, 0.29) is 0 Å². The normalized spacial score (nSPS) is 26.7. The summed E-state index contributed by atoms with van der Waals surface area (Å²) in [4.78, 5) is 0. The summed E-state index contributed by atoms with van der Waals surface area (Å²) in [5, 5.41) is 1.59. The number of hydrogen-bond donors (Lipinski definition) is 1. The molecule has 0 heterocycles. The molecule has 3 heteroatoms. The second-order valence-corrected chi connectivity index (χ2v) is 6.94. The Balaban J connectivity index is 2.11. The summed E-state index contributed by atoms with van der Waals surface area (Å²) in [7, 11) is 0. The molecule has 0 saturated heterocycles. The molecule has 1 aliphatic rings. The van der Waals surface area contributed by atoms with E-state index in [1.807, 2.05) is 18.2 Å². The Bertz CT molecular complexity index is 413. The highest BCUT2D eigenvalue weighted by molar-refractivity contribution is 6.35. The lowest BCUT2D eigenvalue weighted by Crippen LogP contribution is -2.31. The highest BCUT2D eigenvalue weighted by Crippen LogP contribution is 2.39. The average molecular weight is 314 g/mol. The van der Waals surface area contributed by atoms with E-state index in [0.29, 0.717) is 11.8 Å². The number of halogens is 2. The molecule has 112 valence electrons. The monoisotopic (exact) mass is 313 g/mol. The van der Waals surface area contributed by atoms with Crippen molar-refractivity contribution in [2.45, 2.75) is 45.4 Å². The van der Waals surface area contributed by atoms with E-state index in [1.54, 1.807) is 0 Å². The van der Waals surface area contributed by atoms with Gasteiger partial charge in [0.15, 0.2) is 0 Å². The van der Waals surface area contributed by atoms with Crippen molar-refractivity contribution in [3.8, 4) is 0 Å². The molecule has 1 aromatic carbocycles. The quantitative estimate of drug-likeness (QED) is 0.781. The molecular formula is C17H25Cl2N. The van der Waals surface area contributed by atoms with Crippen LogP contribution >= 0.6 is 23.2 Å². The molecule has 2 N–H and O–H groups in total. The van der Waals surface area contributed by atoms with Crippen molar-refractivity contribution in [3.05, 3.63) is 33.8 Å². The first kappa shape index (κ1) is 16.1. The van der Waals surface area contributed by atoms with Gasteiger partial charge in [0.1, 0.15) is 0 Å². The van der Waals surface area contributed by atoms with Gasteiger partial charge in [0.25, 0.3) is 0 Å². The zero-order valence-corrected chi connectivity index (χ0v) is 13.8. The van der Waals surface area contributed by atoms with Crippen molar-refractivity contribution < 1.29 is 0 Å². The van der Waals surface area contributed by atoms with Crippen LogP contribution in [0, 0.1) is 17.8 Å². The van der Waals surface area contributed by atoms with Crippen molar-refractivity contribution >= 4 is 23.2 Å². The fourth-order valence-electron chi connectivity index (χ4n) is 3.64. The van der Waals surface area contributed by atoms with Gasteiger partial charge in [0.05, 0.1) is 0 Å². The smallest absolute Gasteiger partial charge is 0.0452 e. The summed E-state index contributed by atoms with van der Waals surface area (Å²) in [6.45, 7) is 3.06. The molecular weight excluding hydrogens is 289 g/mol. The van der Waals surface area contributed by atoms with Gasteiger partial charge in [-0.15, -0.1) is 0 Å². The molecule has 0 spiro atoms. The second kappa shape index (κ2) is 7.68. The maximum atomic E-state index is 6.32. The van der Waals surface area contributed by atoms with Gasteiger partial charge in [0, 0.05) is 10.0 Å². The predicted molar refractivity (Wildman–Crippen MR) is 88.4 cm³/mol. The van der Waals surface area contributed by atoms with Crippen LogP contribution in [0.1, 0.15) is 44.6 Å². The molecule has 1 aliphatic carbocycles. The molecule has 1 aromatic rings.